The Morgan fingerprint density at radius 1 is 0.879 bits per heavy atom. The van der Waals surface area contributed by atoms with Crippen LogP contribution in [0.1, 0.15) is 22.0 Å². The first-order chi connectivity index (χ1) is 16.1. The third-order valence-electron chi connectivity index (χ3n) is 5.19. The van der Waals surface area contributed by atoms with Crippen LogP contribution >= 0.6 is 11.3 Å². The fraction of sp³-hybridized carbons (Fsp3) is 0.111. The summed E-state index contributed by atoms with van der Waals surface area (Å²) >= 11 is 1.47. The Hall–Kier alpha value is -3.77. The Balaban J connectivity index is 1.72. The quantitative estimate of drug-likeness (QED) is 0.378. The lowest BCUT2D eigenvalue weighted by molar-refractivity contribution is -0.126. The van der Waals surface area contributed by atoms with Crippen LogP contribution < -0.4 is 10.2 Å². The second kappa shape index (κ2) is 10.7. The second-order valence-corrected chi connectivity index (χ2v) is 8.55. The number of anilines is 1. The van der Waals surface area contributed by atoms with Crippen molar-refractivity contribution in [2.45, 2.75) is 19.0 Å². The molecule has 1 aromatic heterocycles. The molecule has 0 saturated carbocycles. The molecule has 1 N–H and O–H groups in total. The lowest BCUT2D eigenvalue weighted by atomic mass is 10.0. The number of hydrogen-bond donors (Lipinski definition) is 1. The monoisotopic (exact) mass is 458 g/mol. The highest BCUT2D eigenvalue weighted by atomic mass is 32.1. The first kappa shape index (κ1) is 22.4. The van der Waals surface area contributed by atoms with Gasteiger partial charge in [-0.15, -0.1) is 11.3 Å². The molecule has 0 unspecified atom stereocenters. The molecular formula is C27H23FN2O2S. The smallest absolute Gasteiger partial charge is 0.248 e. The van der Waals surface area contributed by atoms with Gasteiger partial charge in [0.15, 0.2) is 0 Å². The molecule has 4 nitrogen and oxygen atoms in total. The van der Waals surface area contributed by atoms with Crippen molar-refractivity contribution in [1.29, 1.82) is 0 Å². The van der Waals surface area contributed by atoms with E-state index in [1.807, 2.05) is 66.0 Å². The molecule has 0 radical (unpaired) electrons. The zero-order valence-corrected chi connectivity index (χ0v) is 18.7. The summed E-state index contributed by atoms with van der Waals surface area (Å²) < 4.78 is 14.2. The highest BCUT2D eigenvalue weighted by molar-refractivity contribution is 7.10. The van der Waals surface area contributed by atoms with Gasteiger partial charge in [0.25, 0.3) is 0 Å². The van der Waals surface area contributed by atoms with E-state index in [-0.39, 0.29) is 18.2 Å². The predicted molar refractivity (Wildman–Crippen MR) is 129 cm³/mol. The second-order valence-electron chi connectivity index (χ2n) is 7.52. The van der Waals surface area contributed by atoms with E-state index in [0.29, 0.717) is 17.8 Å². The van der Waals surface area contributed by atoms with Crippen LogP contribution in [0.15, 0.2) is 102 Å². The summed E-state index contributed by atoms with van der Waals surface area (Å²) in [6, 6.07) is 27.2. The summed E-state index contributed by atoms with van der Waals surface area (Å²) in [6.07, 6.45) is 0.115. The first-order valence-corrected chi connectivity index (χ1v) is 11.5. The van der Waals surface area contributed by atoms with Gasteiger partial charge in [-0.05, 0) is 40.8 Å². The lowest BCUT2D eigenvalue weighted by Gasteiger charge is -2.31. The number of carbonyl (C=O) groups is 2. The van der Waals surface area contributed by atoms with Crippen LogP contribution in [0.3, 0.4) is 0 Å². The molecule has 0 bridgehead atoms. The summed E-state index contributed by atoms with van der Waals surface area (Å²) in [7, 11) is 0. The molecule has 4 aromatic rings. The molecule has 1 heterocycles. The zero-order chi connectivity index (χ0) is 23.0. The van der Waals surface area contributed by atoms with E-state index in [0.717, 1.165) is 10.4 Å². The average molecular weight is 459 g/mol. The van der Waals surface area contributed by atoms with Gasteiger partial charge in [0, 0.05) is 17.1 Å². The summed E-state index contributed by atoms with van der Waals surface area (Å²) in [6.45, 7) is 0.319. The molecule has 0 saturated heterocycles. The predicted octanol–water partition coefficient (Wildman–Crippen LogP) is 5.52. The molecule has 166 valence electrons. The lowest BCUT2D eigenvalue weighted by Crippen LogP contribution is -2.44. The van der Waals surface area contributed by atoms with Crippen LogP contribution in [0.25, 0.3) is 0 Å². The minimum absolute atomic E-state index is 0.115. The van der Waals surface area contributed by atoms with Gasteiger partial charge >= 0.3 is 0 Å². The number of carbonyl (C=O) groups excluding carboxylic acids is 2. The van der Waals surface area contributed by atoms with E-state index in [2.05, 4.69) is 5.32 Å². The Labute approximate surface area is 196 Å². The van der Waals surface area contributed by atoms with Crippen molar-refractivity contribution in [2.24, 2.45) is 0 Å². The maximum atomic E-state index is 14.2. The Morgan fingerprint density at radius 2 is 1.61 bits per heavy atom. The number of benzene rings is 3. The highest BCUT2D eigenvalue weighted by Crippen LogP contribution is 2.30. The average Bonchev–Trinajstić information content (AvgIpc) is 3.35. The number of hydrogen-bond acceptors (Lipinski definition) is 3. The van der Waals surface area contributed by atoms with Gasteiger partial charge < -0.3 is 5.32 Å². The van der Waals surface area contributed by atoms with E-state index in [1.54, 1.807) is 24.3 Å². The molecular weight excluding hydrogens is 435 g/mol. The normalized spacial score (nSPS) is 11.5. The van der Waals surface area contributed by atoms with Crippen molar-refractivity contribution in [3.63, 3.8) is 0 Å². The van der Waals surface area contributed by atoms with E-state index in [4.69, 9.17) is 0 Å². The highest BCUT2D eigenvalue weighted by Gasteiger charge is 2.33. The van der Waals surface area contributed by atoms with Crippen molar-refractivity contribution in [1.82, 2.24) is 5.32 Å². The van der Waals surface area contributed by atoms with Crippen molar-refractivity contribution < 1.29 is 14.0 Å². The number of nitrogens with zero attached hydrogens (tertiary/aromatic N) is 1. The van der Waals surface area contributed by atoms with Gasteiger partial charge in [-0.3, -0.25) is 14.5 Å². The van der Waals surface area contributed by atoms with Crippen LogP contribution in [0, 0.1) is 5.82 Å². The van der Waals surface area contributed by atoms with Gasteiger partial charge in [0.1, 0.15) is 11.9 Å². The summed E-state index contributed by atoms with van der Waals surface area (Å²) in [5.74, 6) is -1.10. The Kier molecular flexibility index (Phi) is 7.27. The third-order valence-corrected chi connectivity index (χ3v) is 6.07. The molecule has 0 aliphatic rings. The van der Waals surface area contributed by atoms with E-state index in [9.17, 15) is 14.0 Å². The minimum atomic E-state index is -0.954. The third kappa shape index (κ3) is 5.73. The number of nitrogens with one attached hydrogen (secondary N) is 1. The largest absolute Gasteiger partial charge is 0.350 e. The first-order valence-electron chi connectivity index (χ1n) is 10.6. The molecule has 6 heteroatoms. The Bertz CT molecular complexity index is 1200. The Morgan fingerprint density at radius 3 is 2.27 bits per heavy atom. The maximum Gasteiger partial charge on any atom is 0.248 e. The maximum absolute atomic E-state index is 14.2. The molecule has 3 aromatic carbocycles. The molecule has 0 aliphatic carbocycles. The van der Waals surface area contributed by atoms with Crippen molar-refractivity contribution in [3.05, 3.63) is 124 Å². The van der Waals surface area contributed by atoms with Crippen LogP contribution in [0.5, 0.6) is 0 Å². The summed E-state index contributed by atoms with van der Waals surface area (Å²) in [4.78, 5) is 29.3. The van der Waals surface area contributed by atoms with Crippen LogP contribution in [-0.4, -0.2) is 11.8 Å². The number of halogens is 1. The fourth-order valence-electron chi connectivity index (χ4n) is 3.65. The summed E-state index contributed by atoms with van der Waals surface area (Å²) in [5, 5.41) is 4.85. The number of amides is 2. The van der Waals surface area contributed by atoms with E-state index < -0.39 is 11.9 Å². The molecule has 0 aliphatic heterocycles. The number of rotatable bonds is 8. The summed E-state index contributed by atoms with van der Waals surface area (Å²) in [5.41, 5.74) is 1.92. The van der Waals surface area contributed by atoms with Gasteiger partial charge in [-0.2, -0.15) is 0 Å². The number of thiophene rings is 1. The van der Waals surface area contributed by atoms with Gasteiger partial charge in [0.05, 0.1) is 6.42 Å². The van der Waals surface area contributed by atoms with Gasteiger partial charge in [-0.1, -0.05) is 72.8 Å². The standard InChI is InChI=1S/C27H23FN2O2S/c28-22-13-7-14-23(17-22)30(25(31)18-24-15-8-16-33-24)26(21-11-5-2-6-12-21)27(32)29-19-20-9-3-1-4-10-20/h1-17,26H,18-19H2,(H,29,32)/t26-/m1/s1. The van der Waals surface area contributed by atoms with Crippen LogP contribution in [-0.2, 0) is 22.6 Å². The molecule has 33 heavy (non-hydrogen) atoms. The van der Waals surface area contributed by atoms with Crippen molar-refractivity contribution >= 4 is 28.8 Å². The topological polar surface area (TPSA) is 49.4 Å². The van der Waals surface area contributed by atoms with E-state index >= 15 is 0 Å². The zero-order valence-electron chi connectivity index (χ0n) is 17.9. The van der Waals surface area contributed by atoms with Crippen LogP contribution in [0.4, 0.5) is 10.1 Å². The van der Waals surface area contributed by atoms with Gasteiger partial charge in [-0.25, -0.2) is 4.39 Å². The van der Waals surface area contributed by atoms with E-state index in [1.165, 1.54) is 28.4 Å². The SMILES string of the molecule is O=C(NCc1ccccc1)[C@@H](c1ccccc1)N(C(=O)Cc1cccs1)c1cccc(F)c1. The molecule has 0 fully saturated rings. The van der Waals surface area contributed by atoms with Crippen molar-refractivity contribution in [3.8, 4) is 0 Å². The van der Waals surface area contributed by atoms with Gasteiger partial charge in [0.2, 0.25) is 11.8 Å². The van der Waals surface area contributed by atoms with Crippen LogP contribution in [0.2, 0.25) is 0 Å². The molecule has 0 spiro atoms. The molecule has 2 amide bonds. The molecule has 1 atom stereocenters. The minimum Gasteiger partial charge on any atom is -0.350 e. The fourth-order valence-corrected chi connectivity index (χ4v) is 4.34. The molecule has 4 rings (SSSR count). The van der Waals surface area contributed by atoms with Crippen molar-refractivity contribution in [2.75, 3.05) is 4.90 Å².